The zero-order valence-electron chi connectivity index (χ0n) is 17.0. The Morgan fingerprint density at radius 3 is 2.48 bits per heavy atom. The number of halogens is 1. The number of esters is 1. The lowest BCUT2D eigenvalue weighted by Gasteiger charge is -2.12. The molecule has 0 radical (unpaired) electrons. The van der Waals surface area contributed by atoms with E-state index in [4.69, 9.17) is 9.84 Å². The Kier molecular flexibility index (Phi) is 13.7. The van der Waals surface area contributed by atoms with Gasteiger partial charge in [0, 0.05) is 19.3 Å². The van der Waals surface area contributed by atoms with Gasteiger partial charge in [-0.05, 0) is 37.8 Å². The molecule has 1 atom stereocenters. The molecule has 4 nitrogen and oxygen atoms in total. The molecule has 0 saturated carbocycles. The Hall–Kier alpha value is -1.36. The highest BCUT2D eigenvalue weighted by Crippen LogP contribution is 2.15. The number of alkyl halides is 1. The average Bonchev–Trinajstić information content (AvgIpc) is 3.14. The number of aromatic nitrogens is 1. The van der Waals surface area contributed by atoms with Gasteiger partial charge >= 0.3 is 5.97 Å². The molecule has 0 aliphatic heterocycles. The molecule has 0 aliphatic rings. The van der Waals surface area contributed by atoms with Gasteiger partial charge in [-0.2, -0.15) is 0 Å². The van der Waals surface area contributed by atoms with E-state index >= 15 is 0 Å². The minimum atomic E-state index is -0.819. The Bertz CT molecular complexity index is 490. The number of ether oxygens (including phenoxy) is 1. The maximum atomic E-state index is 14.1. The summed E-state index contributed by atoms with van der Waals surface area (Å²) in [6, 6.07) is 3.50. The third-order valence-electron chi connectivity index (χ3n) is 4.88. The van der Waals surface area contributed by atoms with Crippen molar-refractivity contribution in [3.8, 4) is 0 Å². The zero-order chi connectivity index (χ0) is 19.7. The highest BCUT2D eigenvalue weighted by molar-refractivity contribution is 5.87. The summed E-state index contributed by atoms with van der Waals surface area (Å²) in [6.07, 6.45) is 13.0. The van der Waals surface area contributed by atoms with Crippen LogP contribution in [0.4, 0.5) is 4.39 Å². The molecule has 1 aromatic rings. The second-order valence-corrected chi connectivity index (χ2v) is 7.30. The highest BCUT2D eigenvalue weighted by Gasteiger charge is 2.14. The summed E-state index contributed by atoms with van der Waals surface area (Å²) in [5.74, 6) is -0.378. The Labute approximate surface area is 164 Å². The molecule has 1 heterocycles. The van der Waals surface area contributed by atoms with Crippen molar-refractivity contribution in [3.05, 3.63) is 24.0 Å². The maximum Gasteiger partial charge on any atom is 0.354 e. The number of unbranched alkanes of at least 4 members (excludes halogenated alkanes) is 8. The van der Waals surface area contributed by atoms with E-state index in [2.05, 4.69) is 6.92 Å². The van der Waals surface area contributed by atoms with Gasteiger partial charge < -0.3 is 14.4 Å². The number of nitrogens with zero attached hydrogens (tertiary/aromatic N) is 1. The second kappa shape index (κ2) is 15.7. The van der Waals surface area contributed by atoms with Crippen molar-refractivity contribution in [1.29, 1.82) is 0 Å². The summed E-state index contributed by atoms with van der Waals surface area (Å²) in [6.45, 7) is 3.12. The van der Waals surface area contributed by atoms with Gasteiger partial charge in [-0.15, -0.1) is 0 Å². The first-order chi connectivity index (χ1) is 13.2. The predicted molar refractivity (Wildman–Crippen MR) is 108 cm³/mol. The number of carbonyl (C=O) groups is 1. The molecule has 5 heteroatoms. The molecule has 0 amide bonds. The maximum absolute atomic E-state index is 14.1. The third-order valence-corrected chi connectivity index (χ3v) is 4.88. The van der Waals surface area contributed by atoms with Gasteiger partial charge in [0.25, 0.3) is 0 Å². The molecule has 0 aliphatic carbocycles. The molecule has 0 bridgehead atoms. The number of hydrogen-bond acceptors (Lipinski definition) is 3. The first kappa shape index (κ1) is 23.7. The van der Waals surface area contributed by atoms with Crippen molar-refractivity contribution < 1.29 is 19.0 Å². The fourth-order valence-electron chi connectivity index (χ4n) is 3.17. The van der Waals surface area contributed by atoms with Crippen molar-refractivity contribution in [1.82, 2.24) is 4.57 Å². The van der Waals surface area contributed by atoms with E-state index in [1.54, 1.807) is 22.9 Å². The van der Waals surface area contributed by atoms with E-state index in [0.717, 1.165) is 12.8 Å². The average molecular weight is 384 g/mol. The van der Waals surface area contributed by atoms with E-state index in [1.807, 2.05) is 0 Å². The van der Waals surface area contributed by atoms with Crippen LogP contribution in [-0.4, -0.2) is 35.0 Å². The van der Waals surface area contributed by atoms with Crippen LogP contribution in [0.1, 0.15) is 94.5 Å². The van der Waals surface area contributed by atoms with E-state index in [1.165, 1.54) is 38.5 Å². The van der Waals surface area contributed by atoms with Gasteiger partial charge in [0.15, 0.2) is 0 Å². The van der Waals surface area contributed by atoms with Crippen LogP contribution in [-0.2, 0) is 11.3 Å². The topological polar surface area (TPSA) is 51.5 Å². The van der Waals surface area contributed by atoms with E-state index in [0.29, 0.717) is 44.5 Å². The van der Waals surface area contributed by atoms with Crippen molar-refractivity contribution in [2.45, 2.75) is 96.7 Å². The predicted octanol–water partition coefficient (Wildman–Crippen LogP) is 5.68. The summed E-state index contributed by atoms with van der Waals surface area (Å²) in [7, 11) is 0. The molecule has 27 heavy (non-hydrogen) atoms. The summed E-state index contributed by atoms with van der Waals surface area (Å²) in [5, 5.41) is 8.74. The molecule has 1 rings (SSSR count). The van der Waals surface area contributed by atoms with Gasteiger partial charge in [0.1, 0.15) is 11.9 Å². The van der Waals surface area contributed by atoms with Crippen molar-refractivity contribution >= 4 is 5.97 Å². The summed E-state index contributed by atoms with van der Waals surface area (Å²) in [4.78, 5) is 12.1. The van der Waals surface area contributed by atoms with Crippen LogP contribution in [0, 0.1) is 0 Å². The Morgan fingerprint density at radius 2 is 1.78 bits per heavy atom. The minimum Gasteiger partial charge on any atom is -0.461 e. The van der Waals surface area contributed by atoms with Gasteiger partial charge in [0.05, 0.1) is 6.61 Å². The first-order valence-corrected chi connectivity index (χ1v) is 10.8. The molecule has 0 spiro atoms. The molecule has 0 fully saturated rings. The van der Waals surface area contributed by atoms with Crippen molar-refractivity contribution in [3.63, 3.8) is 0 Å². The van der Waals surface area contributed by atoms with Gasteiger partial charge in [0.2, 0.25) is 0 Å². The Morgan fingerprint density at radius 1 is 1.07 bits per heavy atom. The zero-order valence-corrected chi connectivity index (χ0v) is 17.0. The number of rotatable bonds is 17. The van der Waals surface area contributed by atoms with E-state index in [-0.39, 0.29) is 12.6 Å². The standard InChI is InChI=1S/C22H38FNO3/c1-2-3-4-5-6-7-8-9-13-20(23)15-17-24-16-12-14-21(24)22(26)27-19-11-10-18-25/h12,14,16,20,25H,2-11,13,15,17-19H2,1H3. The quantitative estimate of drug-likeness (QED) is 0.278. The molecule has 1 aromatic heterocycles. The smallest absolute Gasteiger partial charge is 0.354 e. The molecular weight excluding hydrogens is 345 g/mol. The van der Waals surface area contributed by atoms with Crippen LogP contribution in [0.15, 0.2) is 18.3 Å². The van der Waals surface area contributed by atoms with Crippen LogP contribution in [0.3, 0.4) is 0 Å². The lowest BCUT2D eigenvalue weighted by Crippen LogP contribution is -2.14. The number of carbonyl (C=O) groups excluding carboxylic acids is 1. The van der Waals surface area contributed by atoms with Gasteiger partial charge in [-0.3, -0.25) is 0 Å². The number of aliphatic hydroxyl groups is 1. The van der Waals surface area contributed by atoms with Crippen LogP contribution in [0.25, 0.3) is 0 Å². The molecule has 1 unspecified atom stereocenters. The van der Waals surface area contributed by atoms with E-state index in [9.17, 15) is 9.18 Å². The molecule has 0 aromatic carbocycles. The fourth-order valence-corrected chi connectivity index (χ4v) is 3.17. The lowest BCUT2D eigenvalue weighted by atomic mass is 10.1. The normalized spacial score (nSPS) is 12.3. The molecule has 1 N–H and O–H groups in total. The minimum absolute atomic E-state index is 0.102. The summed E-state index contributed by atoms with van der Waals surface area (Å²) in [5.41, 5.74) is 0.471. The Balaban J connectivity index is 2.16. The second-order valence-electron chi connectivity index (χ2n) is 7.30. The highest BCUT2D eigenvalue weighted by atomic mass is 19.1. The summed E-state index contributed by atoms with van der Waals surface area (Å²) >= 11 is 0. The van der Waals surface area contributed by atoms with Crippen LogP contribution >= 0.6 is 0 Å². The number of aliphatic hydroxyl groups excluding tert-OH is 1. The summed E-state index contributed by atoms with van der Waals surface area (Å²) < 4.78 is 21.1. The van der Waals surface area contributed by atoms with Gasteiger partial charge in [-0.1, -0.05) is 58.3 Å². The largest absolute Gasteiger partial charge is 0.461 e. The van der Waals surface area contributed by atoms with E-state index < -0.39 is 6.17 Å². The van der Waals surface area contributed by atoms with Crippen LogP contribution in [0.2, 0.25) is 0 Å². The molecule has 0 saturated heterocycles. The number of hydrogen-bond donors (Lipinski definition) is 1. The van der Waals surface area contributed by atoms with Crippen molar-refractivity contribution in [2.24, 2.45) is 0 Å². The SMILES string of the molecule is CCCCCCCCCCC(F)CCn1cccc1C(=O)OCCCCO. The first-order valence-electron chi connectivity index (χ1n) is 10.8. The van der Waals surface area contributed by atoms with Gasteiger partial charge in [-0.25, -0.2) is 9.18 Å². The van der Waals surface area contributed by atoms with Crippen molar-refractivity contribution in [2.75, 3.05) is 13.2 Å². The number of aryl methyl sites for hydroxylation is 1. The lowest BCUT2D eigenvalue weighted by molar-refractivity contribution is 0.0479. The monoisotopic (exact) mass is 383 g/mol. The fraction of sp³-hybridized carbons (Fsp3) is 0.773. The van der Waals surface area contributed by atoms with Crippen LogP contribution in [0.5, 0.6) is 0 Å². The third kappa shape index (κ3) is 11.2. The van der Waals surface area contributed by atoms with Crippen LogP contribution < -0.4 is 0 Å². The molecule has 156 valence electrons. The molecular formula is C22H38FNO3.